The van der Waals surface area contributed by atoms with Crippen LogP contribution in [0.1, 0.15) is 6.42 Å². The quantitative estimate of drug-likeness (QED) is 0.448. The molecule has 0 fully saturated rings. The predicted octanol–water partition coefficient (Wildman–Crippen LogP) is 1.26. The highest BCUT2D eigenvalue weighted by molar-refractivity contribution is 5.70. The van der Waals surface area contributed by atoms with Crippen molar-refractivity contribution in [2.24, 2.45) is 0 Å². The summed E-state index contributed by atoms with van der Waals surface area (Å²) in [7, 11) is 1.24. The Morgan fingerprint density at radius 1 is 1.53 bits per heavy atom. The number of para-hydroxylation sites is 1. The molecular formula is C10H9NO6. The van der Waals surface area contributed by atoms with Crippen LogP contribution in [0.15, 0.2) is 18.2 Å². The number of ether oxygens (including phenoxy) is 3. The molecule has 0 amide bonds. The van der Waals surface area contributed by atoms with Gasteiger partial charge in [0.15, 0.2) is 5.75 Å². The van der Waals surface area contributed by atoms with Crippen molar-refractivity contribution in [3.8, 4) is 11.5 Å². The van der Waals surface area contributed by atoms with E-state index in [1.165, 1.54) is 19.2 Å². The van der Waals surface area contributed by atoms with Crippen LogP contribution in [0.2, 0.25) is 0 Å². The Morgan fingerprint density at radius 3 is 2.94 bits per heavy atom. The fraction of sp³-hybridized carbons (Fsp3) is 0.300. The van der Waals surface area contributed by atoms with Gasteiger partial charge >= 0.3 is 11.7 Å². The molecule has 1 unspecified atom stereocenters. The SMILES string of the molecule is COC(=O)CC1Oc2cccc([N+](=O)[O-])c2O1. The van der Waals surface area contributed by atoms with Crippen LogP contribution >= 0.6 is 0 Å². The van der Waals surface area contributed by atoms with E-state index in [9.17, 15) is 14.9 Å². The molecule has 0 spiro atoms. The van der Waals surface area contributed by atoms with Crippen LogP contribution in [0, 0.1) is 10.1 Å². The minimum absolute atomic E-state index is 0.0476. The number of hydrogen-bond donors (Lipinski definition) is 0. The number of benzene rings is 1. The van der Waals surface area contributed by atoms with Gasteiger partial charge in [-0.25, -0.2) is 0 Å². The van der Waals surface area contributed by atoms with Crippen molar-refractivity contribution in [1.82, 2.24) is 0 Å². The van der Waals surface area contributed by atoms with E-state index in [1.54, 1.807) is 6.07 Å². The highest BCUT2D eigenvalue weighted by Gasteiger charge is 2.32. The maximum Gasteiger partial charge on any atom is 0.315 e. The van der Waals surface area contributed by atoms with Crippen LogP contribution in [0.25, 0.3) is 0 Å². The summed E-state index contributed by atoms with van der Waals surface area (Å²) in [6.45, 7) is 0. The lowest BCUT2D eigenvalue weighted by molar-refractivity contribution is -0.385. The Hall–Kier alpha value is -2.31. The van der Waals surface area contributed by atoms with Crippen molar-refractivity contribution in [3.63, 3.8) is 0 Å². The summed E-state index contributed by atoms with van der Waals surface area (Å²) in [5.74, 6) is -0.204. The van der Waals surface area contributed by atoms with Crippen LogP contribution in [0.5, 0.6) is 11.5 Å². The van der Waals surface area contributed by atoms with Gasteiger partial charge < -0.3 is 14.2 Å². The molecule has 1 heterocycles. The lowest BCUT2D eigenvalue weighted by Crippen LogP contribution is -2.22. The number of methoxy groups -OCH3 is 1. The molecule has 7 nitrogen and oxygen atoms in total. The highest BCUT2D eigenvalue weighted by atomic mass is 16.7. The third-order valence-electron chi connectivity index (χ3n) is 2.22. The first kappa shape index (κ1) is 11.2. The molecule has 0 aliphatic carbocycles. The number of nitrogens with zero attached hydrogens (tertiary/aromatic N) is 1. The predicted molar refractivity (Wildman–Crippen MR) is 54.8 cm³/mol. The zero-order chi connectivity index (χ0) is 12.4. The summed E-state index contributed by atoms with van der Waals surface area (Å²) in [6, 6.07) is 4.34. The van der Waals surface area contributed by atoms with E-state index in [1.807, 2.05) is 0 Å². The van der Waals surface area contributed by atoms with Gasteiger partial charge in [-0.3, -0.25) is 14.9 Å². The van der Waals surface area contributed by atoms with E-state index in [2.05, 4.69) is 4.74 Å². The van der Waals surface area contributed by atoms with Gasteiger partial charge in [-0.15, -0.1) is 0 Å². The Balaban J connectivity index is 2.19. The number of esters is 1. The monoisotopic (exact) mass is 239 g/mol. The first-order valence-corrected chi connectivity index (χ1v) is 4.79. The second kappa shape index (κ2) is 4.28. The summed E-state index contributed by atoms with van der Waals surface area (Å²) < 4.78 is 14.9. The van der Waals surface area contributed by atoms with Crippen LogP contribution in [0.4, 0.5) is 5.69 Å². The standard InChI is InChI=1S/C10H9NO6/c1-15-8(12)5-9-16-7-4-2-3-6(11(13)14)10(7)17-9/h2-4,9H,5H2,1H3. The Kier molecular flexibility index (Phi) is 2.82. The van der Waals surface area contributed by atoms with Gasteiger partial charge in [0, 0.05) is 6.07 Å². The minimum Gasteiger partial charge on any atom is -0.469 e. The van der Waals surface area contributed by atoms with Crippen LogP contribution < -0.4 is 9.47 Å². The topological polar surface area (TPSA) is 87.9 Å². The fourth-order valence-corrected chi connectivity index (χ4v) is 1.46. The van der Waals surface area contributed by atoms with E-state index >= 15 is 0 Å². The fourth-order valence-electron chi connectivity index (χ4n) is 1.46. The molecule has 1 aliphatic heterocycles. The number of nitro benzene ring substituents is 1. The highest BCUT2D eigenvalue weighted by Crippen LogP contribution is 2.42. The summed E-state index contributed by atoms with van der Waals surface area (Å²) in [4.78, 5) is 21.2. The zero-order valence-electron chi connectivity index (χ0n) is 8.91. The van der Waals surface area contributed by atoms with Crippen molar-refractivity contribution in [2.75, 3.05) is 7.11 Å². The van der Waals surface area contributed by atoms with Crippen molar-refractivity contribution >= 4 is 11.7 Å². The van der Waals surface area contributed by atoms with E-state index in [0.717, 1.165) is 0 Å². The van der Waals surface area contributed by atoms with Crippen LogP contribution in [-0.2, 0) is 9.53 Å². The maximum atomic E-state index is 11.0. The Bertz CT molecular complexity index is 472. The Labute approximate surface area is 96.0 Å². The molecule has 0 saturated heterocycles. The van der Waals surface area contributed by atoms with E-state index < -0.39 is 17.2 Å². The number of carbonyl (C=O) groups is 1. The van der Waals surface area contributed by atoms with Gasteiger partial charge in [-0.1, -0.05) is 6.07 Å². The molecule has 90 valence electrons. The van der Waals surface area contributed by atoms with Crippen LogP contribution in [-0.4, -0.2) is 24.3 Å². The molecular weight excluding hydrogens is 230 g/mol. The normalized spacial score (nSPS) is 16.6. The second-order valence-corrected chi connectivity index (χ2v) is 3.31. The average molecular weight is 239 g/mol. The summed E-state index contributed by atoms with van der Waals surface area (Å²) in [6.07, 6.45) is -0.999. The molecule has 0 bridgehead atoms. The molecule has 0 radical (unpaired) electrons. The maximum absolute atomic E-state index is 11.0. The van der Waals surface area contributed by atoms with Crippen molar-refractivity contribution < 1.29 is 23.9 Å². The summed E-state index contributed by atoms with van der Waals surface area (Å²) in [5.41, 5.74) is -0.185. The molecule has 7 heteroatoms. The minimum atomic E-state index is -0.876. The molecule has 1 aromatic rings. The molecule has 2 rings (SSSR count). The number of fused-ring (bicyclic) bond motifs is 1. The van der Waals surface area contributed by atoms with Gasteiger partial charge in [0.25, 0.3) is 6.29 Å². The third-order valence-corrected chi connectivity index (χ3v) is 2.22. The largest absolute Gasteiger partial charge is 0.469 e. The van der Waals surface area contributed by atoms with Gasteiger partial charge in [-0.2, -0.15) is 0 Å². The van der Waals surface area contributed by atoms with Gasteiger partial charge in [0.2, 0.25) is 5.75 Å². The molecule has 1 aromatic carbocycles. The third kappa shape index (κ3) is 2.12. The number of hydrogen-bond acceptors (Lipinski definition) is 6. The first-order chi connectivity index (χ1) is 8.11. The molecule has 0 saturated carbocycles. The number of carbonyl (C=O) groups excluding carboxylic acids is 1. The van der Waals surface area contributed by atoms with Gasteiger partial charge in [-0.05, 0) is 6.07 Å². The molecule has 0 aromatic heterocycles. The van der Waals surface area contributed by atoms with Gasteiger partial charge in [0.1, 0.15) is 6.42 Å². The zero-order valence-corrected chi connectivity index (χ0v) is 8.91. The van der Waals surface area contributed by atoms with Crippen molar-refractivity contribution in [1.29, 1.82) is 0 Å². The van der Waals surface area contributed by atoms with E-state index in [4.69, 9.17) is 9.47 Å². The molecule has 17 heavy (non-hydrogen) atoms. The van der Waals surface area contributed by atoms with E-state index in [-0.39, 0.29) is 23.6 Å². The lowest BCUT2D eigenvalue weighted by Gasteiger charge is -2.07. The average Bonchev–Trinajstić information content (AvgIpc) is 2.70. The van der Waals surface area contributed by atoms with Gasteiger partial charge in [0.05, 0.1) is 12.0 Å². The first-order valence-electron chi connectivity index (χ1n) is 4.79. The molecule has 0 N–H and O–H groups in total. The number of rotatable bonds is 3. The van der Waals surface area contributed by atoms with E-state index in [0.29, 0.717) is 0 Å². The van der Waals surface area contributed by atoms with Crippen LogP contribution in [0.3, 0.4) is 0 Å². The summed E-state index contributed by atoms with van der Waals surface area (Å²) >= 11 is 0. The summed E-state index contributed by atoms with van der Waals surface area (Å²) in [5, 5.41) is 10.7. The second-order valence-electron chi connectivity index (χ2n) is 3.31. The Morgan fingerprint density at radius 2 is 2.29 bits per heavy atom. The van der Waals surface area contributed by atoms with Crippen molar-refractivity contribution in [2.45, 2.75) is 12.7 Å². The molecule has 1 atom stereocenters. The lowest BCUT2D eigenvalue weighted by atomic mass is 10.3. The van der Waals surface area contributed by atoms with Crippen molar-refractivity contribution in [3.05, 3.63) is 28.3 Å². The smallest absolute Gasteiger partial charge is 0.315 e. The number of nitro groups is 1. The molecule has 1 aliphatic rings.